The summed E-state index contributed by atoms with van der Waals surface area (Å²) in [6.07, 6.45) is 9.03. The summed E-state index contributed by atoms with van der Waals surface area (Å²) >= 11 is 0. The largest absolute Gasteiger partial charge is 0.498 e. The molecule has 2 aliphatic rings. The number of fused-ring (bicyclic) bond motifs is 1. The van der Waals surface area contributed by atoms with E-state index in [9.17, 15) is 0 Å². The molecule has 1 aliphatic heterocycles. The molecule has 1 aliphatic carbocycles. The van der Waals surface area contributed by atoms with Crippen LogP contribution in [0.1, 0.15) is 25.7 Å². The zero-order valence-corrected chi connectivity index (χ0v) is 6.81. The highest BCUT2D eigenvalue weighted by molar-refractivity contribution is 5.19. The van der Waals surface area contributed by atoms with E-state index in [2.05, 4.69) is 12.7 Å². The maximum absolute atomic E-state index is 5.55. The highest BCUT2D eigenvalue weighted by atomic mass is 16.5. The fraction of sp³-hybridized carbons (Fsp3) is 0.600. The van der Waals surface area contributed by atoms with Gasteiger partial charge in [0.05, 0.1) is 12.4 Å². The molecule has 0 amide bonds. The van der Waals surface area contributed by atoms with Crippen LogP contribution in [0.4, 0.5) is 0 Å². The van der Waals surface area contributed by atoms with Gasteiger partial charge in [-0.25, -0.2) is 0 Å². The lowest BCUT2D eigenvalue weighted by atomic mass is 9.81. The van der Waals surface area contributed by atoms with Crippen molar-refractivity contribution in [1.29, 1.82) is 0 Å². The number of rotatable bonds is 2. The molecule has 0 aromatic heterocycles. The summed E-state index contributed by atoms with van der Waals surface area (Å²) in [7, 11) is 0. The maximum Gasteiger partial charge on any atom is 0.0986 e. The fourth-order valence-electron chi connectivity index (χ4n) is 2.22. The third kappa shape index (κ3) is 0.907. The normalized spacial score (nSPS) is 34.4. The number of allylic oxidation sites excluding steroid dienone is 3. The molecular weight excluding hydrogens is 136 g/mol. The topological polar surface area (TPSA) is 9.23 Å². The summed E-state index contributed by atoms with van der Waals surface area (Å²) in [6, 6.07) is 0. The Bertz CT molecular complexity index is 205. The second-order valence-corrected chi connectivity index (χ2v) is 3.48. The second-order valence-electron chi connectivity index (χ2n) is 3.48. The molecule has 60 valence electrons. The minimum absolute atomic E-state index is 0.377. The molecule has 0 aromatic rings. The zero-order valence-electron chi connectivity index (χ0n) is 6.81. The fourth-order valence-corrected chi connectivity index (χ4v) is 2.22. The molecule has 0 spiro atoms. The van der Waals surface area contributed by atoms with Crippen LogP contribution in [0, 0.1) is 5.41 Å². The molecule has 1 nitrogen and oxygen atoms in total. The van der Waals surface area contributed by atoms with Crippen molar-refractivity contribution >= 4 is 0 Å². The van der Waals surface area contributed by atoms with Crippen molar-refractivity contribution in [3.8, 4) is 0 Å². The molecule has 1 fully saturated rings. The number of ether oxygens (including phenoxy) is 1. The second kappa shape index (κ2) is 2.40. The Balaban J connectivity index is 2.22. The summed E-state index contributed by atoms with van der Waals surface area (Å²) in [4.78, 5) is 0. The van der Waals surface area contributed by atoms with Crippen LogP contribution in [0.3, 0.4) is 0 Å². The van der Waals surface area contributed by atoms with Crippen molar-refractivity contribution in [1.82, 2.24) is 0 Å². The van der Waals surface area contributed by atoms with Gasteiger partial charge in [-0.1, -0.05) is 6.08 Å². The molecule has 0 saturated carbocycles. The van der Waals surface area contributed by atoms with Gasteiger partial charge in [0, 0.05) is 5.41 Å². The smallest absolute Gasteiger partial charge is 0.0986 e. The quantitative estimate of drug-likeness (QED) is 0.550. The van der Waals surface area contributed by atoms with Crippen LogP contribution < -0.4 is 0 Å². The van der Waals surface area contributed by atoms with Gasteiger partial charge in [0.15, 0.2) is 0 Å². The van der Waals surface area contributed by atoms with Crippen molar-refractivity contribution in [3.63, 3.8) is 0 Å². The van der Waals surface area contributed by atoms with E-state index in [-0.39, 0.29) is 0 Å². The van der Waals surface area contributed by atoms with Crippen LogP contribution in [0.15, 0.2) is 24.5 Å². The molecule has 0 bridgehead atoms. The van der Waals surface area contributed by atoms with Gasteiger partial charge in [0.25, 0.3) is 0 Å². The van der Waals surface area contributed by atoms with Gasteiger partial charge in [0.1, 0.15) is 0 Å². The lowest BCUT2D eigenvalue weighted by Gasteiger charge is -2.21. The van der Waals surface area contributed by atoms with Gasteiger partial charge in [-0.2, -0.15) is 0 Å². The van der Waals surface area contributed by atoms with E-state index >= 15 is 0 Å². The van der Waals surface area contributed by atoms with E-state index in [1.807, 2.05) is 6.08 Å². The van der Waals surface area contributed by atoms with Crippen LogP contribution in [0.5, 0.6) is 0 Å². The summed E-state index contributed by atoms with van der Waals surface area (Å²) in [6.45, 7) is 4.71. The molecule has 0 unspecified atom stereocenters. The van der Waals surface area contributed by atoms with E-state index < -0.39 is 0 Å². The Kier molecular flexibility index (Phi) is 1.52. The molecule has 1 saturated heterocycles. The van der Waals surface area contributed by atoms with Crippen molar-refractivity contribution in [3.05, 3.63) is 24.5 Å². The van der Waals surface area contributed by atoms with Gasteiger partial charge in [0.2, 0.25) is 0 Å². The molecular formula is C10H14O. The Labute approximate surface area is 67.7 Å². The zero-order chi connectivity index (χ0) is 7.73. The Morgan fingerprint density at radius 1 is 1.64 bits per heavy atom. The van der Waals surface area contributed by atoms with Crippen LogP contribution in [0.2, 0.25) is 0 Å². The molecule has 0 N–H and O–H groups in total. The summed E-state index contributed by atoms with van der Waals surface area (Å²) in [5.74, 6) is 1.25. The van der Waals surface area contributed by atoms with Crippen molar-refractivity contribution < 1.29 is 4.74 Å². The lowest BCUT2D eigenvalue weighted by molar-refractivity contribution is 0.247. The Hall–Kier alpha value is -0.720. The van der Waals surface area contributed by atoms with E-state index in [1.165, 1.54) is 25.0 Å². The van der Waals surface area contributed by atoms with Crippen molar-refractivity contribution in [2.24, 2.45) is 5.41 Å². The van der Waals surface area contributed by atoms with Crippen molar-refractivity contribution in [2.45, 2.75) is 25.7 Å². The SMILES string of the molecule is C=CC[C@]12CCC=C1OCC2. The molecule has 11 heavy (non-hydrogen) atoms. The Morgan fingerprint density at radius 2 is 2.55 bits per heavy atom. The first-order chi connectivity index (χ1) is 5.37. The predicted octanol–water partition coefficient (Wildman–Crippen LogP) is 2.65. The van der Waals surface area contributed by atoms with Crippen LogP contribution in [-0.2, 0) is 4.74 Å². The monoisotopic (exact) mass is 150 g/mol. The molecule has 0 radical (unpaired) electrons. The molecule has 1 atom stereocenters. The summed E-state index contributed by atoms with van der Waals surface area (Å²) in [5.41, 5.74) is 0.377. The lowest BCUT2D eigenvalue weighted by Crippen LogP contribution is -2.13. The Morgan fingerprint density at radius 3 is 3.36 bits per heavy atom. The molecule has 2 rings (SSSR count). The average Bonchev–Trinajstić information content (AvgIpc) is 2.45. The molecule has 1 heterocycles. The maximum atomic E-state index is 5.55. The van der Waals surface area contributed by atoms with E-state index in [0.29, 0.717) is 5.41 Å². The van der Waals surface area contributed by atoms with E-state index in [1.54, 1.807) is 0 Å². The first-order valence-electron chi connectivity index (χ1n) is 4.32. The van der Waals surface area contributed by atoms with Crippen LogP contribution in [-0.4, -0.2) is 6.61 Å². The van der Waals surface area contributed by atoms with Crippen molar-refractivity contribution in [2.75, 3.05) is 6.61 Å². The van der Waals surface area contributed by atoms with Gasteiger partial charge in [-0.15, -0.1) is 6.58 Å². The highest BCUT2D eigenvalue weighted by Gasteiger charge is 2.41. The number of hydrogen-bond donors (Lipinski definition) is 0. The third-order valence-corrected chi connectivity index (χ3v) is 2.85. The first kappa shape index (κ1) is 6.96. The van der Waals surface area contributed by atoms with E-state index in [4.69, 9.17) is 4.74 Å². The average molecular weight is 150 g/mol. The summed E-state index contributed by atoms with van der Waals surface area (Å²) < 4.78 is 5.55. The number of hydrogen-bond acceptors (Lipinski definition) is 1. The predicted molar refractivity (Wildman–Crippen MR) is 45.1 cm³/mol. The van der Waals surface area contributed by atoms with Gasteiger partial charge in [-0.3, -0.25) is 0 Å². The van der Waals surface area contributed by atoms with Crippen LogP contribution >= 0.6 is 0 Å². The van der Waals surface area contributed by atoms with Gasteiger partial charge in [-0.05, 0) is 31.8 Å². The highest BCUT2D eigenvalue weighted by Crippen LogP contribution is 2.49. The third-order valence-electron chi connectivity index (χ3n) is 2.85. The minimum atomic E-state index is 0.377. The molecule has 0 aromatic carbocycles. The molecule has 1 heteroatoms. The summed E-state index contributed by atoms with van der Waals surface area (Å²) in [5, 5.41) is 0. The first-order valence-corrected chi connectivity index (χ1v) is 4.32. The van der Waals surface area contributed by atoms with Gasteiger partial charge < -0.3 is 4.74 Å². The minimum Gasteiger partial charge on any atom is -0.498 e. The van der Waals surface area contributed by atoms with E-state index in [0.717, 1.165) is 13.0 Å². The van der Waals surface area contributed by atoms with Gasteiger partial charge >= 0.3 is 0 Å². The standard InChI is InChI=1S/C10H14O/c1-2-5-10-6-3-4-9(10)11-8-7-10/h2,4H,1,3,5-8H2/t10-/m1/s1. The van der Waals surface area contributed by atoms with Crippen LogP contribution in [0.25, 0.3) is 0 Å².